The molecule has 0 heterocycles. The first-order valence-electron chi connectivity index (χ1n) is 4.64. The van der Waals surface area contributed by atoms with E-state index in [1.165, 1.54) is 6.07 Å². The van der Waals surface area contributed by atoms with Gasteiger partial charge < -0.3 is 0 Å². The van der Waals surface area contributed by atoms with Gasteiger partial charge in [-0.2, -0.15) is 0 Å². The summed E-state index contributed by atoms with van der Waals surface area (Å²) in [5.74, 6) is 0.235. The second-order valence-electron chi connectivity index (χ2n) is 3.90. The fraction of sp³-hybridized carbons (Fsp3) is 0.333. The van der Waals surface area contributed by atoms with Gasteiger partial charge in [-0.1, -0.05) is 28.9 Å². The number of allylic oxidation sites excluding steroid dienone is 1. The zero-order chi connectivity index (χ0) is 11.5. The van der Waals surface area contributed by atoms with Crippen LogP contribution in [0.25, 0.3) is 0 Å². The third kappa shape index (κ3) is 3.32. The minimum atomic E-state index is -0.261. The van der Waals surface area contributed by atoms with Crippen LogP contribution in [-0.2, 0) is 6.42 Å². The summed E-state index contributed by atoms with van der Waals surface area (Å²) in [7, 11) is 0. The Morgan fingerprint density at radius 2 is 2.27 bits per heavy atom. The Morgan fingerprint density at radius 3 is 2.80 bits per heavy atom. The van der Waals surface area contributed by atoms with E-state index in [4.69, 9.17) is 11.6 Å². The molecule has 0 nitrogen and oxygen atoms in total. The SMILES string of the molecule is C=CC(C)(CCl)Cc1cc(Br)ccc1F. The summed E-state index contributed by atoms with van der Waals surface area (Å²) in [4.78, 5) is 0. The van der Waals surface area contributed by atoms with Gasteiger partial charge in [0.2, 0.25) is 0 Å². The van der Waals surface area contributed by atoms with E-state index in [0.717, 1.165) is 4.47 Å². The highest BCUT2D eigenvalue weighted by Gasteiger charge is 2.21. The lowest BCUT2D eigenvalue weighted by molar-refractivity contribution is 0.470. The summed E-state index contributed by atoms with van der Waals surface area (Å²) in [6.45, 7) is 5.70. The Morgan fingerprint density at radius 1 is 1.60 bits per heavy atom. The Bertz CT molecular complexity index is 365. The molecule has 3 heteroatoms. The third-order valence-electron chi connectivity index (χ3n) is 2.40. The smallest absolute Gasteiger partial charge is 0.126 e. The van der Waals surface area contributed by atoms with E-state index < -0.39 is 0 Å². The van der Waals surface area contributed by atoms with Crippen LogP contribution in [0.2, 0.25) is 0 Å². The van der Waals surface area contributed by atoms with Gasteiger partial charge >= 0.3 is 0 Å². The summed E-state index contributed by atoms with van der Waals surface area (Å²) in [6.07, 6.45) is 2.34. The number of halogens is 3. The molecule has 1 atom stereocenters. The van der Waals surface area contributed by atoms with E-state index in [1.54, 1.807) is 18.2 Å². The van der Waals surface area contributed by atoms with Crippen molar-refractivity contribution in [3.63, 3.8) is 0 Å². The van der Waals surface area contributed by atoms with Crippen molar-refractivity contribution in [2.45, 2.75) is 13.3 Å². The van der Waals surface area contributed by atoms with Gasteiger partial charge in [-0.25, -0.2) is 4.39 Å². The molecule has 1 unspecified atom stereocenters. The lowest BCUT2D eigenvalue weighted by Crippen LogP contribution is -2.19. The van der Waals surface area contributed by atoms with Crippen LogP contribution >= 0.6 is 27.5 Å². The van der Waals surface area contributed by atoms with Crippen LogP contribution in [0.4, 0.5) is 4.39 Å². The number of rotatable bonds is 4. The van der Waals surface area contributed by atoms with Crippen molar-refractivity contribution in [1.82, 2.24) is 0 Å². The molecule has 0 amide bonds. The summed E-state index contributed by atoms with van der Waals surface area (Å²) in [5, 5.41) is 0. The monoisotopic (exact) mass is 290 g/mol. The molecular weight excluding hydrogens is 278 g/mol. The van der Waals surface area contributed by atoms with Crippen LogP contribution in [0.5, 0.6) is 0 Å². The van der Waals surface area contributed by atoms with Crippen molar-refractivity contribution in [3.05, 3.63) is 46.7 Å². The zero-order valence-corrected chi connectivity index (χ0v) is 10.9. The van der Waals surface area contributed by atoms with Crippen LogP contribution in [0, 0.1) is 11.2 Å². The normalized spacial score (nSPS) is 14.7. The van der Waals surface area contributed by atoms with E-state index >= 15 is 0 Å². The van der Waals surface area contributed by atoms with Gasteiger partial charge in [0.1, 0.15) is 5.82 Å². The summed E-state index contributed by atoms with van der Waals surface area (Å²) in [6, 6.07) is 4.92. The Labute approximate surface area is 103 Å². The van der Waals surface area contributed by atoms with Gasteiger partial charge in [-0.3, -0.25) is 0 Å². The molecule has 0 saturated heterocycles. The van der Waals surface area contributed by atoms with E-state index in [9.17, 15) is 4.39 Å². The number of alkyl halides is 1. The second-order valence-corrected chi connectivity index (χ2v) is 5.09. The fourth-order valence-electron chi connectivity index (χ4n) is 1.29. The summed E-state index contributed by atoms with van der Waals surface area (Å²) >= 11 is 9.17. The molecule has 0 fully saturated rings. The van der Waals surface area contributed by atoms with Gasteiger partial charge in [0.05, 0.1) is 0 Å². The van der Waals surface area contributed by atoms with Crippen LogP contribution in [0.15, 0.2) is 35.3 Å². The van der Waals surface area contributed by atoms with Crippen molar-refractivity contribution in [1.29, 1.82) is 0 Å². The highest BCUT2D eigenvalue weighted by atomic mass is 79.9. The Kier molecular flexibility index (Phi) is 4.35. The Balaban J connectivity index is 2.97. The quantitative estimate of drug-likeness (QED) is 0.563. The minimum absolute atomic E-state index is 0.198. The van der Waals surface area contributed by atoms with E-state index in [2.05, 4.69) is 22.5 Å². The summed E-state index contributed by atoms with van der Waals surface area (Å²) in [5.41, 5.74) is 0.399. The van der Waals surface area contributed by atoms with Crippen LogP contribution in [-0.4, -0.2) is 5.88 Å². The fourth-order valence-corrected chi connectivity index (χ4v) is 1.90. The lowest BCUT2D eigenvalue weighted by Gasteiger charge is -2.22. The van der Waals surface area contributed by atoms with Gasteiger partial charge in [0.15, 0.2) is 0 Å². The largest absolute Gasteiger partial charge is 0.207 e. The molecule has 0 radical (unpaired) electrons. The third-order valence-corrected chi connectivity index (χ3v) is 3.50. The molecule has 1 rings (SSSR count). The zero-order valence-electron chi connectivity index (χ0n) is 8.56. The van der Waals surface area contributed by atoms with Crippen LogP contribution in [0.1, 0.15) is 12.5 Å². The highest BCUT2D eigenvalue weighted by Crippen LogP contribution is 2.28. The topological polar surface area (TPSA) is 0 Å². The average Bonchev–Trinajstić information content (AvgIpc) is 2.23. The number of benzene rings is 1. The van der Waals surface area contributed by atoms with E-state index in [1.807, 2.05) is 6.92 Å². The molecular formula is C12H13BrClF. The molecule has 0 aliphatic heterocycles. The maximum absolute atomic E-state index is 13.5. The first-order chi connectivity index (χ1) is 7.00. The maximum Gasteiger partial charge on any atom is 0.126 e. The average molecular weight is 292 g/mol. The number of hydrogen-bond donors (Lipinski definition) is 0. The van der Waals surface area contributed by atoms with Gasteiger partial charge in [-0.15, -0.1) is 18.2 Å². The molecule has 0 aliphatic carbocycles. The molecule has 0 aliphatic rings. The van der Waals surface area contributed by atoms with E-state index in [-0.39, 0.29) is 11.2 Å². The van der Waals surface area contributed by atoms with Crippen molar-refractivity contribution >= 4 is 27.5 Å². The first kappa shape index (κ1) is 12.7. The van der Waals surface area contributed by atoms with Gasteiger partial charge in [-0.05, 0) is 30.2 Å². The highest BCUT2D eigenvalue weighted by molar-refractivity contribution is 9.10. The van der Waals surface area contributed by atoms with Crippen molar-refractivity contribution in [2.75, 3.05) is 5.88 Å². The van der Waals surface area contributed by atoms with Gasteiger partial charge in [0.25, 0.3) is 0 Å². The second kappa shape index (κ2) is 5.13. The number of hydrogen-bond acceptors (Lipinski definition) is 0. The maximum atomic E-state index is 13.5. The molecule has 82 valence electrons. The van der Waals surface area contributed by atoms with Crippen molar-refractivity contribution in [2.24, 2.45) is 5.41 Å². The van der Waals surface area contributed by atoms with Crippen molar-refractivity contribution < 1.29 is 4.39 Å². The molecule has 15 heavy (non-hydrogen) atoms. The molecule has 0 N–H and O–H groups in total. The first-order valence-corrected chi connectivity index (χ1v) is 5.97. The molecule has 0 bridgehead atoms. The van der Waals surface area contributed by atoms with Crippen LogP contribution in [0.3, 0.4) is 0 Å². The van der Waals surface area contributed by atoms with Gasteiger partial charge in [0, 0.05) is 15.8 Å². The van der Waals surface area contributed by atoms with E-state index in [0.29, 0.717) is 17.9 Å². The predicted octanol–water partition coefficient (Wildman–Crippen LogP) is 4.56. The molecule has 1 aromatic rings. The van der Waals surface area contributed by atoms with Crippen molar-refractivity contribution in [3.8, 4) is 0 Å². The minimum Gasteiger partial charge on any atom is -0.207 e. The standard InChI is InChI=1S/C12H13BrClF/c1-3-12(2,8-14)7-9-6-10(13)4-5-11(9)15/h3-6H,1,7-8H2,2H3. The van der Waals surface area contributed by atoms with Crippen LogP contribution < -0.4 is 0 Å². The summed E-state index contributed by atoms with van der Waals surface area (Å²) < 4.78 is 14.3. The Hall–Kier alpha value is -0.340. The molecule has 0 aromatic heterocycles. The molecule has 0 saturated carbocycles. The predicted molar refractivity (Wildman–Crippen MR) is 66.8 cm³/mol. The molecule has 1 aromatic carbocycles. The lowest BCUT2D eigenvalue weighted by atomic mass is 9.85. The molecule has 0 spiro atoms.